The van der Waals surface area contributed by atoms with E-state index in [1.54, 1.807) is 73.3 Å². The lowest BCUT2D eigenvalue weighted by molar-refractivity contribution is 0.188. The highest BCUT2D eigenvalue weighted by molar-refractivity contribution is 7.93. The number of hydrogen-bond acceptors (Lipinski definition) is 28. The first-order chi connectivity index (χ1) is 59.6. The number of rotatable bonds is 12. The average Bonchev–Trinajstić information content (AvgIpc) is 1.66. The molecule has 0 spiro atoms. The number of hydrogen-bond donors (Lipinski definition) is 8. The van der Waals surface area contributed by atoms with E-state index in [1.165, 1.54) is 19.0 Å². The number of aromatic amines is 3. The molecule has 7 aliphatic rings. The van der Waals surface area contributed by atoms with Crippen LogP contribution in [0.25, 0.3) is 87.2 Å². The van der Waals surface area contributed by atoms with Crippen LogP contribution < -0.4 is 25.8 Å². The van der Waals surface area contributed by atoms with E-state index in [4.69, 9.17) is 10.2 Å². The number of aliphatic hydroxyl groups is 2. The summed E-state index contributed by atoms with van der Waals surface area (Å²) in [7, 11) is -15.9. The Hall–Kier alpha value is -12.3. The van der Waals surface area contributed by atoms with Crippen LogP contribution in [0.5, 0.6) is 0 Å². The van der Waals surface area contributed by atoms with Crippen LogP contribution in [0.1, 0.15) is 47.1 Å². The van der Waals surface area contributed by atoms with Gasteiger partial charge < -0.3 is 50.9 Å². The van der Waals surface area contributed by atoms with E-state index in [2.05, 4.69) is 95.4 Å². The number of benzene rings is 8. The summed E-state index contributed by atoms with van der Waals surface area (Å²) in [6, 6.07) is 41.1. The number of β-amino-alcohol motifs (C(OH)–C–C–N with tert-alkyl or cyclic N) is 1. The summed E-state index contributed by atoms with van der Waals surface area (Å²) >= 11 is 0. The second-order valence-electron chi connectivity index (χ2n) is 31.3. The topological polar surface area (TPSA) is 433 Å². The molecular weight excluding hydrogens is 1660 g/mol. The molecule has 36 heteroatoms. The maximum absolute atomic E-state index is 12.2. The van der Waals surface area contributed by atoms with Gasteiger partial charge in [0.15, 0.2) is 49.2 Å². The molecule has 0 bridgehead atoms. The molecule has 2 saturated heterocycles. The number of nitrogens with zero attached hydrogens (tertiary/aromatic N) is 13. The number of H-pyrrole nitrogens is 3. The molecule has 0 unspecified atom stereocenters. The molecule has 2 fully saturated rings. The van der Waals surface area contributed by atoms with E-state index in [0.29, 0.717) is 86.5 Å². The Labute approximate surface area is 706 Å². The first-order valence-corrected chi connectivity index (χ1v) is 48.8. The Morgan fingerprint density at radius 3 is 1.23 bits per heavy atom. The summed E-state index contributed by atoms with van der Waals surface area (Å²) in [5.41, 5.74) is 13.8. The van der Waals surface area contributed by atoms with Crippen LogP contribution in [0.15, 0.2) is 208 Å². The largest absolute Gasteiger partial charge is 0.396 e. The third-order valence-corrected chi connectivity index (χ3v) is 33.1. The normalized spacial score (nSPS) is 17.4. The lowest BCUT2D eigenvalue weighted by atomic mass is 9.93. The number of aliphatic hydroxyl groups excluding tert-OH is 2. The van der Waals surface area contributed by atoms with Gasteiger partial charge in [-0.15, -0.1) is 0 Å². The molecule has 0 saturated carbocycles. The van der Waals surface area contributed by atoms with Crippen molar-refractivity contribution in [2.45, 2.75) is 75.8 Å². The zero-order chi connectivity index (χ0) is 84.5. The molecule has 628 valence electrons. The fourth-order valence-electron chi connectivity index (χ4n) is 18.0. The van der Waals surface area contributed by atoms with Crippen molar-refractivity contribution >= 4 is 183 Å². The lowest BCUT2D eigenvalue weighted by Gasteiger charge is -2.35. The van der Waals surface area contributed by atoms with Gasteiger partial charge in [0, 0.05) is 142 Å². The predicted octanol–water partition coefficient (Wildman–Crippen LogP) is 11.2. The minimum absolute atomic E-state index is 0.142. The number of aryl methyl sites for hydroxylation is 5. The summed E-state index contributed by atoms with van der Waals surface area (Å²) < 4.78 is 122. The molecule has 0 amide bonds. The highest BCUT2D eigenvalue weighted by atomic mass is 32.2. The zero-order valence-corrected chi connectivity index (χ0v) is 70.4. The van der Waals surface area contributed by atoms with Gasteiger partial charge in [0.25, 0.3) is 0 Å². The van der Waals surface area contributed by atoms with Gasteiger partial charge >= 0.3 is 0 Å². The molecular formula is C87H83N19O12S5. The van der Waals surface area contributed by atoms with Crippen molar-refractivity contribution in [3.8, 4) is 0 Å². The molecule has 23 rings (SSSR count). The molecule has 31 nitrogen and oxygen atoms in total. The fourth-order valence-corrected chi connectivity index (χ4v) is 25.7. The lowest BCUT2D eigenvalue weighted by Crippen LogP contribution is -2.47. The predicted molar refractivity (Wildman–Crippen MR) is 474 cm³/mol. The molecule has 8 N–H and O–H groups in total. The smallest absolute Gasteiger partial charge is 0.179 e. The number of fused-ring (bicyclic) bond motifs is 18. The first kappa shape index (κ1) is 80.4. The number of anilines is 8. The van der Waals surface area contributed by atoms with Crippen molar-refractivity contribution in [2.24, 2.45) is 5.92 Å². The number of sulfone groups is 5. The standard InChI is InChI=1S/3C18H14N4O2S.C17H21N3O3S.C16H20N4O3S/c23-25(24)8-6-13-16(25)4-3-15-17(13)18(21-10-20-15)22-12-1-2-14-11(9-12)5-7-19-14;23-25(24)8-6-13-16(25)4-3-14-17(13)18(21-10-20-14)22-12-2-1-11-5-7-19-15(11)9-12;23-25(24)9-7-12-16(25)5-4-15-17(12)18(21-10-20-15)22-14-3-1-2-13-11(14)6-8-19-13;21-9-5-12-3-7-20(8-4-12)17-16-13-6-10-24(22,23)15(13)2-1-14(16)18-11-19-17;21-9-8-19-4-6-20(7-5-19)16-15-12-3-10-24(22,23)14(12)2-1-13(15)17-11-18-16/h2*1-5,7,9-10,19H,6,8H2,(H,20,21,22);1-6,8,10,19H,7,9H2,(H,20,21,22);1-2,11-12,21H,3-10H2;1-2,11,21H,3-10H2. The third-order valence-electron chi connectivity index (χ3n) is 24.1. The Morgan fingerprint density at radius 1 is 0.358 bits per heavy atom. The van der Waals surface area contributed by atoms with Gasteiger partial charge in [-0.25, -0.2) is 91.9 Å². The van der Waals surface area contributed by atoms with Crippen LogP contribution >= 0.6 is 0 Å². The maximum Gasteiger partial charge on any atom is 0.179 e. The second-order valence-corrected chi connectivity index (χ2v) is 41.6. The van der Waals surface area contributed by atoms with Gasteiger partial charge in [0.2, 0.25) is 0 Å². The van der Waals surface area contributed by atoms with Crippen LogP contribution in [0.2, 0.25) is 0 Å². The number of nitrogens with one attached hydrogen (secondary N) is 6. The van der Waals surface area contributed by atoms with Crippen molar-refractivity contribution in [3.05, 3.63) is 212 Å². The van der Waals surface area contributed by atoms with Gasteiger partial charge in [-0.3, -0.25) is 4.90 Å². The summed E-state index contributed by atoms with van der Waals surface area (Å²) in [5.74, 6) is 4.91. The van der Waals surface area contributed by atoms with Gasteiger partial charge in [-0.1, -0.05) is 12.1 Å². The van der Waals surface area contributed by atoms with E-state index < -0.39 is 49.2 Å². The Kier molecular flexibility index (Phi) is 21.3. The quantitative estimate of drug-likeness (QED) is 0.0563. The van der Waals surface area contributed by atoms with E-state index in [1.807, 2.05) is 91.4 Å². The highest BCUT2D eigenvalue weighted by Crippen LogP contribution is 2.43. The molecule has 8 aromatic carbocycles. The van der Waals surface area contributed by atoms with E-state index >= 15 is 0 Å². The van der Waals surface area contributed by atoms with Gasteiger partial charge in [0.1, 0.15) is 60.7 Å². The zero-order valence-electron chi connectivity index (χ0n) is 66.3. The molecule has 123 heavy (non-hydrogen) atoms. The molecule has 16 aromatic rings. The number of piperidine rings is 1. The van der Waals surface area contributed by atoms with Gasteiger partial charge in [-0.05, 0) is 212 Å². The summed E-state index contributed by atoms with van der Waals surface area (Å²) in [4.78, 5) is 62.0. The van der Waals surface area contributed by atoms with E-state index in [-0.39, 0.29) is 42.0 Å². The van der Waals surface area contributed by atoms with Crippen molar-refractivity contribution < 1.29 is 52.3 Å². The van der Waals surface area contributed by atoms with Gasteiger partial charge in [-0.2, -0.15) is 0 Å². The van der Waals surface area contributed by atoms with Crippen LogP contribution in [0.4, 0.5) is 46.2 Å². The summed E-state index contributed by atoms with van der Waals surface area (Å²) in [5, 5.41) is 35.6. The van der Waals surface area contributed by atoms with Gasteiger partial charge in [0.05, 0.1) is 87.4 Å². The van der Waals surface area contributed by atoms with Crippen molar-refractivity contribution in [1.82, 2.24) is 69.7 Å². The molecule has 0 atom stereocenters. The van der Waals surface area contributed by atoms with Crippen LogP contribution in [0, 0.1) is 5.92 Å². The number of piperazine rings is 1. The minimum Gasteiger partial charge on any atom is -0.396 e. The van der Waals surface area contributed by atoms with E-state index in [9.17, 15) is 42.1 Å². The van der Waals surface area contributed by atoms with Crippen LogP contribution in [-0.2, 0) is 81.3 Å². The maximum atomic E-state index is 12.2. The van der Waals surface area contributed by atoms with E-state index in [0.717, 1.165) is 202 Å². The summed E-state index contributed by atoms with van der Waals surface area (Å²) in [6.07, 6.45) is 18.7. The summed E-state index contributed by atoms with van der Waals surface area (Å²) in [6.45, 7) is 6.20. The second kappa shape index (κ2) is 32.5. The molecule has 0 aliphatic carbocycles. The molecule has 8 aromatic heterocycles. The molecule has 15 heterocycles. The Balaban J connectivity index is 0.000000101. The average molecular weight is 1750 g/mol. The Morgan fingerprint density at radius 2 is 0.756 bits per heavy atom. The number of aromatic nitrogens is 13. The molecule has 7 aliphatic heterocycles. The SMILES string of the molecule is O=S1(=O)CCc2c1ccc1ncnc(N3CCC(CCO)CC3)c21.O=S1(=O)CCc2c1ccc1ncnc(N3CCN(CCO)CC3)c21.O=S1(=O)CCc2c1ccc1ncnc(Nc3ccc4[nH]ccc4c3)c21.O=S1(=O)CCc2c1ccc1ncnc(Nc3ccc4cc[nH]c4c3)c21.O=S1(=O)CCc2c1ccc1ncnc(Nc3cccc4[nH]ccc34)c21. The Bertz CT molecular complexity index is 7180. The third kappa shape index (κ3) is 15.5. The molecule has 0 radical (unpaired) electrons. The van der Waals surface area contributed by atoms with Crippen LogP contribution in [0.3, 0.4) is 0 Å². The monoisotopic (exact) mass is 1750 g/mol. The highest BCUT2D eigenvalue weighted by Gasteiger charge is 2.36. The van der Waals surface area contributed by atoms with Crippen molar-refractivity contribution in [3.63, 3.8) is 0 Å². The first-order valence-electron chi connectivity index (χ1n) is 40.5. The van der Waals surface area contributed by atoms with Crippen molar-refractivity contribution in [1.29, 1.82) is 0 Å². The minimum atomic E-state index is -3.20. The fraction of sp³-hybridized carbons (Fsp3) is 0.264. The van der Waals surface area contributed by atoms with Crippen LogP contribution in [-0.4, -0.2) is 210 Å². The van der Waals surface area contributed by atoms with Crippen molar-refractivity contribution in [2.75, 3.05) is 114 Å².